The Balaban J connectivity index is 0.00000154. The average molecular weight is 717 g/mol. The summed E-state index contributed by atoms with van der Waals surface area (Å²) in [7, 11) is -1.96. The molecule has 0 atom stereocenters. The number of aryl methyl sites for hydroxylation is 2. The van der Waals surface area contributed by atoms with E-state index in [1.807, 2.05) is 0 Å². The van der Waals surface area contributed by atoms with Crippen LogP contribution in [0.5, 0.6) is 0 Å². The van der Waals surface area contributed by atoms with E-state index in [1.165, 1.54) is 73.8 Å². The molecule has 0 bridgehead atoms. The summed E-state index contributed by atoms with van der Waals surface area (Å²) in [5.41, 5.74) is 8.06. The Hall–Kier alpha value is -2.81. The molecule has 206 valence electrons. The second kappa shape index (κ2) is 13.4. The molecule has 0 unspecified atom stereocenters. The molecule has 0 aromatic heterocycles. The van der Waals surface area contributed by atoms with Gasteiger partial charge in [0.05, 0.1) is 8.07 Å². The van der Waals surface area contributed by atoms with E-state index in [-0.39, 0.29) is 40.7 Å². The summed E-state index contributed by atoms with van der Waals surface area (Å²) in [5.74, 6) is 0. The second-order valence-corrected chi connectivity index (χ2v) is 15.5. The molecule has 0 N–H and O–H groups in total. The Bertz CT molecular complexity index is 1630. The van der Waals surface area contributed by atoms with Crippen molar-refractivity contribution in [3.05, 3.63) is 135 Å². The Morgan fingerprint density at radius 1 is 0.585 bits per heavy atom. The number of hydrogen-bond acceptors (Lipinski definition) is 0. The van der Waals surface area contributed by atoms with Gasteiger partial charge in [0.15, 0.2) is 0 Å². The van der Waals surface area contributed by atoms with Crippen LogP contribution in [0.4, 0.5) is 0 Å². The third-order valence-electron chi connectivity index (χ3n) is 8.68. The number of hydrogen-bond donors (Lipinski definition) is 0. The van der Waals surface area contributed by atoms with Gasteiger partial charge in [-0.1, -0.05) is 104 Å². The van der Waals surface area contributed by atoms with Gasteiger partial charge in [-0.05, 0) is 36.1 Å². The molecule has 41 heavy (non-hydrogen) atoms. The van der Waals surface area contributed by atoms with Crippen molar-refractivity contribution in [2.24, 2.45) is 0 Å². The predicted octanol–water partition coefficient (Wildman–Crippen LogP) is 10.3. The van der Waals surface area contributed by atoms with Crippen LogP contribution < -0.4 is 10.4 Å². The molecule has 0 saturated heterocycles. The molecular weight excluding hydrogens is 675 g/mol. The van der Waals surface area contributed by atoms with Gasteiger partial charge in [0.1, 0.15) is 0 Å². The van der Waals surface area contributed by atoms with E-state index >= 15 is 0 Å². The van der Waals surface area contributed by atoms with Crippen LogP contribution in [0.2, 0.25) is 12.6 Å². The molecule has 0 heterocycles. The SMILES string of the molecule is CCCC[Si](C)(c1cc2c(-c3ccccc3C)cccc2[cH-]1)c1cc2c(-c3ccccc3C)cccc2[cH-]1.[CH3-].[CH3-].[Hf+4]. The fourth-order valence-corrected chi connectivity index (χ4v) is 10.2. The van der Waals surface area contributed by atoms with Crippen LogP contribution in [0.15, 0.2) is 109 Å². The Morgan fingerprint density at radius 2 is 1.00 bits per heavy atom. The normalized spacial score (nSPS) is 11.1. The number of fused-ring (bicyclic) bond motifs is 2. The molecule has 0 saturated carbocycles. The summed E-state index contributed by atoms with van der Waals surface area (Å²) in [6, 6.07) is 42.6. The van der Waals surface area contributed by atoms with Crippen LogP contribution in [-0.2, 0) is 25.8 Å². The minimum atomic E-state index is -1.96. The van der Waals surface area contributed by atoms with Crippen LogP contribution in [0.25, 0.3) is 43.8 Å². The molecule has 0 nitrogen and oxygen atoms in total. The average Bonchev–Trinajstić information content (AvgIpc) is 3.58. The van der Waals surface area contributed by atoms with Gasteiger partial charge in [0.2, 0.25) is 0 Å². The molecule has 0 radical (unpaired) electrons. The smallest absolute Gasteiger partial charge is 0.358 e. The molecule has 0 amide bonds. The first-order valence-electron chi connectivity index (χ1n) is 14.0. The summed E-state index contributed by atoms with van der Waals surface area (Å²) in [5, 5.41) is 8.65. The van der Waals surface area contributed by atoms with Crippen molar-refractivity contribution in [3.63, 3.8) is 0 Å². The van der Waals surface area contributed by atoms with Crippen molar-refractivity contribution in [1.29, 1.82) is 0 Å². The van der Waals surface area contributed by atoms with Gasteiger partial charge in [-0.2, -0.15) is 12.1 Å². The Kier molecular flexibility index (Phi) is 10.7. The Morgan fingerprint density at radius 3 is 1.41 bits per heavy atom. The monoisotopic (exact) mass is 718 g/mol. The molecular formula is C39H42HfSi. The first kappa shape index (κ1) is 32.7. The summed E-state index contributed by atoms with van der Waals surface area (Å²) < 4.78 is 0. The zero-order chi connectivity index (χ0) is 26.3. The molecule has 0 aliphatic heterocycles. The van der Waals surface area contributed by atoms with Crippen LogP contribution in [0.1, 0.15) is 30.9 Å². The fraction of sp³-hybridized carbons (Fsp3) is 0.179. The van der Waals surface area contributed by atoms with Crippen molar-refractivity contribution in [2.45, 2.75) is 46.2 Å². The van der Waals surface area contributed by atoms with Crippen LogP contribution in [0.3, 0.4) is 0 Å². The summed E-state index contributed by atoms with van der Waals surface area (Å²) in [4.78, 5) is 0. The summed E-state index contributed by atoms with van der Waals surface area (Å²) in [6.07, 6.45) is 2.49. The van der Waals surface area contributed by atoms with Crippen molar-refractivity contribution in [3.8, 4) is 22.3 Å². The minimum absolute atomic E-state index is 0. The van der Waals surface area contributed by atoms with Gasteiger partial charge in [0, 0.05) is 0 Å². The third-order valence-corrected chi connectivity index (χ3v) is 13.2. The number of unbranched alkanes of at least 4 members (excludes halogenated alkanes) is 1. The molecule has 6 aromatic carbocycles. The minimum Gasteiger partial charge on any atom is -0.358 e. The van der Waals surface area contributed by atoms with E-state index in [9.17, 15) is 0 Å². The second-order valence-electron chi connectivity index (χ2n) is 11.2. The van der Waals surface area contributed by atoms with Crippen molar-refractivity contribution < 1.29 is 25.8 Å². The van der Waals surface area contributed by atoms with Crippen LogP contribution >= 0.6 is 0 Å². The number of rotatable bonds is 7. The molecule has 6 aromatic rings. The largest absolute Gasteiger partial charge is 4.00 e. The van der Waals surface area contributed by atoms with Crippen molar-refractivity contribution in [2.75, 3.05) is 0 Å². The molecule has 0 aliphatic rings. The van der Waals surface area contributed by atoms with Gasteiger partial charge < -0.3 is 14.9 Å². The van der Waals surface area contributed by atoms with Gasteiger partial charge >= 0.3 is 25.8 Å². The third kappa shape index (κ3) is 5.92. The maximum atomic E-state index is 2.60. The van der Waals surface area contributed by atoms with E-state index in [0.717, 1.165) is 0 Å². The van der Waals surface area contributed by atoms with Gasteiger partial charge in [-0.3, -0.25) is 0 Å². The topological polar surface area (TPSA) is 0 Å². The van der Waals surface area contributed by atoms with E-state index in [4.69, 9.17) is 0 Å². The molecule has 0 fully saturated rings. The Labute approximate surface area is 268 Å². The predicted molar refractivity (Wildman–Crippen MR) is 183 cm³/mol. The maximum Gasteiger partial charge on any atom is 4.00 e. The molecule has 6 rings (SSSR count). The van der Waals surface area contributed by atoms with Gasteiger partial charge in [0.25, 0.3) is 0 Å². The van der Waals surface area contributed by atoms with E-state index in [1.54, 1.807) is 10.4 Å². The first-order valence-corrected chi connectivity index (χ1v) is 16.7. The van der Waals surface area contributed by atoms with E-state index in [2.05, 4.69) is 137 Å². The number of benzene rings is 4. The quantitative estimate of drug-likeness (QED) is 0.114. The summed E-state index contributed by atoms with van der Waals surface area (Å²) >= 11 is 0. The van der Waals surface area contributed by atoms with Crippen molar-refractivity contribution >= 4 is 40.0 Å². The standard InChI is InChI=1S/C37H36Si.2CH3.Hf/c1-5-6-21-38(4,30-22-28-15-11-19-34(36(28)24-30)32-17-9-7-13-26(32)2)31-23-29-16-12-20-35(37(29)25-31)33-18-10-8-14-27(33)3;;;/h7-20,22-25H,5-6,21H2,1-4H3;2*1H3;/q-2;2*-1;+4. The maximum absolute atomic E-state index is 2.60. The van der Waals surface area contributed by atoms with E-state index < -0.39 is 8.07 Å². The van der Waals surface area contributed by atoms with Gasteiger partial charge in [-0.15, -0.1) is 68.3 Å². The van der Waals surface area contributed by atoms with Crippen LogP contribution in [0, 0.1) is 28.7 Å². The van der Waals surface area contributed by atoms with Crippen molar-refractivity contribution in [1.82, 2.24) is 0 Å². The molecule has 2 heteroatoms. The van der Waals surface area contributed by atoms with Crippen LogP contribution in [-0.4, -0.2) is 8.07 Å². The first-order chi connectivity index (χ1) is 18.5. The zero-order valence-electron chi connectivity index (χ0n) is 25.5. The van der Waals surface area contributed by atoms with Gasteiger partial charge in [-0.25, -0.2) is 0 Å². The fourth-order valence-electron chi connectivity index (χ4n) is 6.31. The van der Waals surface area contributed by atoms with E-state index in [0.29, 0.717) is 0 Å². The zero-order valence-corrected chi connectivity index (χ0v) is 30.1. The molecule has 0 aliphatic carbocycles. The summed E-state index contributed by atoms with van der Waals surface area (Å²) in [6.45, 7) is 9.37. The molecule has 0 spiro atoms.